The highest BCUT2D eigenvalue weighted by molar-refractivity contribution is 6.32. The summed E-state index contributed by atoms with van der Waals surface area (Å²) in [5.74, 6) is -4.33. The molecule has 0 N–H and O–H groups in total. The Bertz CT molecular complexity index is 520. The number of Topliss-reactive ketones (excluding diaryl/α,β-unsaturated/α-hetero) is 1. The SMILES string of the molecule is C=C(C(=O)C(C(=O)OCC)C(=O)OCC)c1ccccn1. The number of aromatic nitrogens is 1. The van der Waals surface area contributed by atoms with Crippen LogP contribution in [0.25, 0.3) is 5.57 Å². The van der Waals surface area contributed by atoms with Gasteiger partial charge in [0.1, 0.15) is 0 Å². The van der Waals surface area contributed by atoms with E-state index in [2.05, 4.69) is 11.6 Å². The topological polar surface area (TPSA) is 82.6 Å². The van der Waals surface area contributed by atoms with Gasteiger partial charge in [-0.05, 0) is 26.0 Å². The zero-order chi connectivity index (χ0) is 15.8. The number of ketones is 1. The number of allylic oxidation sites excluding steroid dienone is 1. The number of pyridine rings is 1. The highest BCUT2D eigenvalue weighted by Crippen LogP contribution is 2.18. The fourth-order valence-corrected chi connectivity index (χ4v) is 1.60. The lowest BCUT2D eigenvalue weighted by Gasteiger charge is -2.14. The van der Waals surface area contributed by atoms with Crippen LogP contribution in [-0.4, -0.2) is 35.9 Å². The van der Waals surface area contributed by atoms with Crippen LogP contribution >= 0.6 is 0 Å². The number of hydrogen-bond acceptors (Lipinski definition) is 6. The van der Waals surface area contributed by atoms with Gasteiger partial charge in [-0.25, -0.2) is 0 Å². The number of carbonyl (C=O) groups is 3. The molecule has 0 unspecified atom stereocenters. The summed E-state index contributed by atoms with van der Waals surface area (Å²) < 4.78 is 9.51. The molecule has 0 atom stereocenters. The van der Waals surface area contributed by atoms with Gasteiger partial charge >= 0.3 is 11.9 Å². The minimum Gasteiger partial charge on any atom is -0.465 e. The highest BCUT2D eigenvalue weighted by Gasteiger charge is 2.38. The average Bonchev–Trinajstić information content (AvgIpc) is 2.48. The summed E-state index contributed by atoms with van der Waals surface area (Å²) in [5, 5.41) is 0. The van der Waals surface area contributed by atoms with E-state index >= 15 is 0 Å². The Labute approximate surface area is 122 Å². The number of ether oxygens (including phenoxy) is 2. The molecule has 6 heteroatoms. The molecule has 0 saturated carbocycles. The molecule has 1 aromatic rings. The van der Waals surface area contributed by atoms with Crippen LogP contribution in [0, 0.1) is 5.92 Å². The van der Waals surface area contributed by atoms with Crippen LogP contribution in [-0.2, 0) is 23.9 Å². The molecule has 0 spiro atoms. The van der Waals surface area contributed by atoms with Gasteiger partial charge in [0.2, 0.25) is 5.92 Å². The first-order valence-corrected chi connectivity index (χ1v) is 6.50. The lowest BCUT2D eigenvalue weighted by Crippen LogP contribution is -2.35. The van der Waals surface area contributed by atoms with Crippen molar-refractivity contribution in [3.8, 4) is 0 Å². The first kappa shape index (κ1) is 16.6. The van der Waals surface area contributed by atoms with Gasteiger partial charge < -0.3 is 9.47 Å². The van der Waals surface area contributed by atoms with Gasteiger partial charge in [-0.3, -0.25) is 19.4 Å². The smallest absolute Gasteiger partial charge is 0.328 e. The Balaban J connectivity index is 3.02. The molecular formula is C15H17NO5. The normalized spacial score (nSPS) is 10.0. The highest BCUT2D eigenvalue weighted by atomic mass is 16.6. The minimum atomic E-state index is -1.67. The molecular weight excluding hydrogens is 274 g/mol. The van der Waals surface area contributed by atoms with Crippen LogP contribution in [0.1, 0.15) is 19.5 Å². The number of esters is 2. The number of hydrogen-bond donors (Lipinski definition) is 0. The van der Waals surface area contributed by atoms with Crippen molar-refractivity contribution in [1.82, 2.24) is 4.98 Å². The Morgan fingerprint density at radius 3 is 2.14 bits per heavy atom. The molecule has 0 amide bonds. The third kappa shape index (κ3) is 4.24. The van der Waals surface area contributed by atoms with Crippen LogP contribution in [0.4, 0.5) is 0 Å². The second-order valence-electron chi connectivity index (χ2n) is 3.99. The summed E-state index contributed by atoms with van der Waals surface area (Å²) in [6.45, 7) is 6.87. The summed E-state index contributed by atoms with van der Waals surface area (Å²) in [6.07, 6.45) is 1.48. The fraction of sp³-hybridized carbons (Fsp3) is 0.333. The summed E-state index contributed by atoms with van der Waals surface area (Å²) in [6, 6.07) is 4.91. The van der Waals surface area contributed by atoms with E-state index in [9.17, 15) is 14.4 Å². The zero-order valence-corrected chi connectivity index (χ0v) is 12.0. The van der Waals surface area contributed by atoms with E-state index in [1.165, 1.54) is 6.20 Å². The van der Waals surface area contributed by atoms with Gasteiger partial charge in [0.05, 0.1) is 18.9 Å². The van der Waals surface area contributed by atoms with Gasteiger partial charge in [0.15, 0.2) is 5.78 Å². The monoisotopic (exact) mass is 291 g/mol. The number of carbonyl (C=O) groups excluding carboxylic acids is 3. The molecule has 0 aliphatic rings. The molecule has 0 fully saturated rings. The standard InChI is InChI=1S/C15H17NO5/c1-4-20-14(18)12(15(19)21-5-2)13(17)10(3)11-8-6-7-9-16-11/h6-9,12H,3-5H2,1-2H3. The van der Waals surface area contributed by atoms with Crippen molar-refractivity contribution in [2.75, 3.05) is 13.2 Å². The first-order chi connectivity index (χ1) is 10.0. The van der Waals surface area contributed by atoms with Gasteiger partial charge in [0.25, 0.3) is 0 Å². The van der Waals surface area contributed by atoms with Gasteiger partial charge in [-0.1, -0.05) is 12.6 Å². The molecule has 0 saturated heterocycles. The molecule has 1 rings (SSSR count). The molecule has 21 heavy (non-hydrogen) atoms. The van der Waals surface area contributed by atoms with E-state index in [1.807, 2.05) is 0 Å². The van der Waals surface area contributed by atoms with Gasteiger partial charge in [-0.2, -0.15) is 0 Å². The zero-order valence-electron chi connectivity index (χ0n) is 12.0. The van der Waals surface area contributed by atoms with E-state index < -0.39 is 23.6 Å². The van der Waals surface area contributed by atoms with Gasteiger partial charge in [-0.15, -0.1) is 0 Å². The van der Waals surface area contributed by atoms with E-state index in [1.54, 1.807) is 32.0 Å². The van der Waals surface area contributed by atoms with Crippen LogP contribution in [0.15, 0.2) is 31.0 Å². The molecule has 0 aliphatic heterocycles. The van der Waals surface area contributed by atoms with E-state index in [-0.39, 0.29) is 18.8 Å². The van der Waals surface area contributed by atoms with Crippen molar-refractivity contribution < 1.29 is 23.9 Å². The minimum absolute atomic E-state index is 0.0401. The molecule has 0 aliphatic carbocycles. The van der Waals surface area contributed by atoms with E-state index in [0.717, 1.165) is 0 Å². The second kappa shape index (κ2) is 7.94. The van der Waals surface area contributed by atoms with Crippen LogP contribution in [0.2, 0.25) is 0 Å². The lowest BCUT2D eigenvalue weighted by molar-refractivity contribution is -0.162. The molecule has 0 bridgehead atoms. The molecule has 6 nitrogen and oxygen atoms in total. The predicted molar refractivity (Wildman–Crippen MR) is 75.0 cm³/mol. The molecule has 1 heterocycles. The predicted octanol–water partition coefficient (Wildman–Crippen LogP) is 1.41. The lowest BCUT2D eigenvalue weighted by atomic mass is 9.96. The Morgan fingerprint density at radius 2 is 1.71 bits per heavy atom. The maximum absolute atomic E-state index is 12.3. The number of rotatable bonds is 7. The Morgan fingerprint density at radius 1 is 1.14 bits per heavy atom. The maximum Gasteiger partial charge on any atom is 0.328 e. The average molecular weight is 291 g/mol. The van der Waals surface area contributed by atoms with Crippen LogP contribution in [0.5, 0.6) is 0 Å². The molecule has 1 aromatic heterocycles. The quantitative estimate of drug-likeness (QED) is 0.429. The van der Waals surface area contributed by atoms with Crippen LogP contribution < -0.4 is 0 Å². The van der Waals surface area contributed by atoms with Crippen molar-refractivity contribution >= 4 is 23.3 Å². The third-order valence-corrected chi connectivity index (χ3v) is 2.58. The maximum atomic E-state index is 12.3. The summed E-state index contributed by atoms with van der Waals surface area (Å²) in [7, 11) is 0. The first-order valence-electron chi connectivity index (χ1n) is 6.50. The van der Waals surface area contributed by atoms with Crippen molar-refractivity contribution in [3.05, 3.63) is 36.7 Å². The van der Waals surface area contributed by atoms with E-state index in [4.69, 9.17) is 9.47 Å². The summed E-state index contributed by atoms with van der Waals surface area (Å²) >= 11 is 0. The Kier molecular flexibility index (Phi) is 6.26. The van der Waals surface area contributed by atoms with E-state index in [0.29, 0.717) is 5.69 Å². The second-order valence-corrected chi connectivity index (χ2v) is 3.99. The van der Waals surface area contributed by atoms with Crippen molar-refractivity contribution in [2.24, 2.45) is 5.92 Å². The fourth-order valence-electron chi connectivity index (χ4n) is 1.60. The molecule has 0 radical (unpaired) electrons. The third-order valence-electron chi connectivity index (χ3n) is 2.58. The summed E-state index contributed by atoms with van der Waals surface area (Å²) in [5.41, 5.74) is 0.253. The largest absolute Gasteiger partial charge is 0.465 e. The Hall–Kier alpha value is -2.50. The van der Waals surface area contributed by atoms with Crippen molar-refractivity contribution in [2.45, 2.75) is 13.8 Å². The molecule has 112 valence electrons. The molecule has 0 aromatic carbocycles. The van der Waals surface area contributed by atoms with Crippen molar-refractivity contribution in [3.63, 3.8) is 0 Å². The van der Waals surface area contributed by atoms with Crippen molar-refractivity contribution in [1.29, 1.82) is 0 Å². The number of nitrogens with zero attached hydrogens (tertiary/aromatic N) is 1. The summed E-state index contributed by atoms with van der Waals surface area (Å²) in [4.78, 5) is 40.0. The van der Waals surface area contributed by atoms with Crippen LogP contribution in [0.3, 0.4) is 0 Å². The van der Waals surface area contributed by atoms with Gasteiger partial charge in [0, 0.05) is 11.8 Å².